The second kappa shape index (κ2) is 4.99. The van der Waals surface area contributed by atoms with Gasteiger partial charge in [-0.15, -0.1) is 0 Å². The monoisotopic (exact) mass is 237 g/mol. The molecule has 0 bridgehead atoms. The molecule has 3 heteroatoms. The highest BCUT2D eigenvalue weighted by Crippen LogP contribution is 2.18. The normalized spacial score (nSPS) is 28.4. The summed E-state index contributed by atoms with van der Waals surface area (Å²) in [6.07, 6.45) is 2.42. The van der Waals surface area contributed by atoms with E-state index in [0.717, 1.165) is 6.42 Å². The van der Waals surface area contributed by atoms with Gasteiger partial charge in [0, 0.05) is 50.0 Å². The average Bonchev–Trinajstić information content (AvgIpc) is 2.63. The van der Waals surface area contributed by atoms with Gasteiger partial charge in [-0.05, 0) is 33.6 Å². The Hall–Kier alpha value is -0.540. The largest absolute Gasteiger partial charge is 0.385 e. The molecule has 2 heterocycles. The van der Waals surface area contributed by atoms with Gasteiger partial charge in [-0.1, -0.05) is 6.58 Å². The predicted octanol–water partition coefficient (Wildman–Crippen LogP) is 1.67. The van der Waals surface area contributed by atoms with E-state index in [-0.39, 0.29) is 0 Å². The van der Waals surface area contributed by atoms with Crippen molar-refractivity contribution in [2.45, 2.75) is 45.2 Å². The average molecular weight is 237 g/mol. The molecule has 0 aromatic carbocycles. The molecule has 1 unspecified atom stereocenters. The van der Waals surface area contributed by atoms with Crippen LogP contribution in [0.25, 0.3) is 0 Å². The minimum absolute atomic E-state index is 0.325. The minimum Gasteiger partial charge on any atom is -0.385 e. The Morgan fingerprint density at radius 1 is 1.24 bits per heavy atom. The molecular formula is C14H27N3. The van der Waals surface area contributed by atoms with Crippen molar-refractivity contribution in [2.75, 3.05) is 32.7 Å². The number of piperazine rings is 1. The second-order valence-corrected chi connectivity index (χ2v) is 6.44. The van der Waals surface area contributed by atoms with Crippen molar-refractivity contribution < 1.29 is 0 Å². The summed E-state index contributed by atoms with van der Waals surface area (Å²) in [5.41, 5.74) is 1.55. The Bertz CT molecular complexity index is 272. The fourth-order valence-corrected chi connectivity index (χ4v) is 2.83. The van der Waals surface area contributed by atoms with E-state index in [0.29, 0.717) is 11.6 Å². The number of nitrogens with zero attached hydrogens (tertiary/aromatic N) is 2. The summed E-state index contributed by atoms with van der Waals surface area (Å²) >= 11 is 0. The van der Waals surface area contributed by atoms with E-state index in [1.54, 1.807) is 0 Å². The molecule has 1 N–H and O–H groups in total. The van der Waals surface area contributed by atoms with E-state index in [9.17, 15) is 0 Å². The highest BCUT2D eigenvalue weighted by Gasteiger charge is 2.27. The lowest BCUT2D eigenvalue weighted by Crippen LogP contribution is -2.54. The van der Waals surface area contributed by atoms with Crippen LogP contribution in [0.2, 0.25) is 0 Å². The van der Waals surface area contributed by atoms with Crippen molar-refractivity contribution in [3.05, 3.63) is 12.3 Å². The van der Waals surface area contributed by atoms with E-state index in [1.807, 2.05) is 0 Å². The second-order valence-electron chi connectivity index (χ2n) is 6.44. The molecule has 1 atom stereocenters. The maximum Gasteiger partial charge on any atom is 0.0389 e. The molecule has 0 radical (unpaired) electrons. The topological polar surface area (TPSA) is 18.5 Å². The maximum absolute atomic E-state index is 4.00. The first-order chi connectivity index (χ1) is 7.95. The Morgan fingerprint density at radius 3 is 2.35 bits per heavy atom. The van der Waals surface area contributed by atoms with Crippen LogP contribution in [0.5, 0.6) is 0 Å². The van der Waals surface area contributed by atoms with Gasteiger partial charge in [0.05, 0.1) is 0 Å². The van der Waals surface area contributed by atoms with Crippen LogP contribution >= 0.6 is 0 Å². The van der Waals surface area contributed by atoms with E-state index >= 15 is 0 Å². The first-order valence-corrected chi connectivity index (χ1v) is 6.87. The van der Waals surface area contributed by atoms with Crippen molar-refractivity contribution in [3.63, 3.8) is 0 Å². The van der Waals surface area contributed by atoms with E-state index < -0.39 is 0 Å². The number of hydrogen-bond donors (Lipinski definition) is 1. The summed E-state index contributed by atoms with van der Waals surface area (Å²) in [7, 11) is 0. The van der Waals surface area contributed by atoms with Crippen LogP contribution < -0.4 is 5.32 Å². The van der Waals surface area contributed by atoms with Crippen molar-refractivity contribution in [3.8, 4) is 0 Å². The lowest BCUT2D eigenvalue weighted by atomic mass is 10.0. The predicted molar refractivity (Wildman–Crippen MR) is 73.1 cm³/mol. The summed E-state index contributed by atoms with van der Waals surface area (Å²) in [6, 6.07) is 0.642. The van der Waals surface area contributed by atoms with Gasteiger partial charge in [0.25, 0.3) is 0 Å². The molecule has 0 spiro atoms. The van der Waals surface area contributed by atoms with E-state index in [4.69, 9.17) is 0 Å². The van der Waals surface area contributed by atoms with Gasteiger partial charge in [0.1, 0.15) is 0 Å². The molecule has 0 aromatic rings. The van der Waals surface area contributed by atoms with Crippen LogP contribution in [0, 0.1) is 0 Å². The first-order valence-electron chi connectivity index (χ1n) is 6.87. The van der Waals surface area contributed by atoms with Gasteiger partial charge in [-0.3, -0.25) is 9.80 Å². The third kappa shape index (κ3) is 3.46. The molecule has 3 nitrogen and oxygen atoms in total. The molecule has 2 saturated heterocycles. The van der Waals surface area contributed by atoms with Crippen LogP contribution in [0.3, 0.4) is 0 Å². The third-order valence-corrected chi connectivity index (χ3v) is 4.00. The van der Waals surface area contributed by atoms with Crippen molar-refractivity contribution in [1.82, 2.24) is 15.1 Å². The molecular weight excluding hydrogens is 210 g/mol. The Morgan fingerprint density at radius 2 is 1.88 bits per heavy atom. The van der Waals surface area contributed by atoms with Crippen molar-refractivity contribution in [1.29, 1.82) is 0 Å². The number of nitrogens with one attached hydrogen (secondary N) is 1. The maximum atomic E-state index is 4.00. The number of rotatable bonds is 2. The smallest absolute Gasteiger partial charge is 0.0389 e. The number of hydrogen-bond acceptors (Lipinski definition) is 3. The highest BCUT2D eigenvalue weighted by molar-refractivity contribution is 5.02. The standard InChI is InChI=1S/C14H27N3/c1-12-5-6-13(15-12)11-16-7-9-17(10-8-16)14(2,3)4/h13,15H,1,5-11H2,2-4H3. The lowest BCUT2D eigenvalue weighted by molar-refractivity contribution is 0.0591. The quantitative estimate of drug-likeness (QED) is 0.788. The Kier molecular flexibility index (Phi) is 3.79. The van der Waals surface area contributed by atoms with Crippen LogP contribution in [0.4, 0.5) is 0 Å². The van der Waals surface area contributed by atoms with Gasteiger partial charge in [-0.2, -0.15) is 0 Å². The minimum atomic E-state index is 0.325. The summed E-state index contributed by atoms with van der Waals surface area (Å²) in [5.74, 6) is 0. The molecule has 98 valence electrons. The van der Waals surface area contributed by atoms with Crippen molar-refractivity contribution >= 4 is 0 Å². The summed E-state index contributed by atoms with van der Waals surface area (Å²) in [6.45, 7) is 17.0. The fourth-order valence-electron chi connectivity index (χ4n) is 2.83. The Labute approximate surface area is 106 Å². The van der Waals surface area contributed by atoms with Gasteiger partial charge >= 0.3 is 0 Å². The van der Waals surface area contributed by atoms with Crippen LogP contribution in [-0.4, -0.2) is 54.1 Å². The van der Waals surface area contributed by atoms with Gasteiger partial charge in [-0.25, -0.2) is 0 Å². The van der Waals surface area contributed by atoms with Gasteiger partial charge < -0.3 is 5.32 Å². The molecule has 17 heavy (non-hydrogen) atoms. The molecule has 2 aliphatic heterocycles. The van der Waals surface area contributed by atoms with E-state index in [1.165, 1.54) is 44.8 Å². The van der Waals surface area contributed by atoms with Crippen LogP contribution in [0.1, 0.15) is 33.6 Å². The molecule has 2 rings (SSSR count). The third-order valence-electron chi connectivity index (χ3n) is 4.00. The molecule has 2 aliphatic rings. The zero-order valence-corrected chi connectivity index (χ0v) is 11.6. The molecule has 0 aromatic heterocycles. The Balaban J connectivity index is 1.74. The summed E-state index contributed by atoms with van der Waals surface area (Å²) < 4.78 is 0. The zero-order valence-electron chi connectivity index (χ0n) is 11.6. The summed E-state index contributed by atoms with van der Waals surface area (Å²) in [4.78, 5) is 5.18. The highest BCUT2D eigenvalue weighted by atomic mass is 15.3. The van der Waals surface area contributed by atoms with Crippen molar-refractivity contribution in [2.24, 2.45) is 0 Å². The molecule has 0 amide bonds. The number of allylic oxidation sites excluding steroid dienone is 1. The van der Waals surface area contributed by atoms with Gasteiger partial charge in [0.15, 0.2) is 0 Å². The molecule has 0 saturated carbocycles. The SMILES string of the molecule is C=C1CCC(CN2CCN(C(C)(C)C)CC2)N1. The van der Waals surface area contributed by atoms with Crippen LogP contribution in [-0.2, 0) is 0 Å². The van der Waals surface area contributed by atoms with Gasteiger partial charge in [0.2, 0.25) is 0 Å². The molecule has 0 aliphatic carbocycles. The van der Waals surface area contributed by atoms with Crippen LogP contribution in [0.15, 0.2) is 12.3 Å². The fraction of sp³-hybridized carbons (Fsp3) is 0.857. The first kappa shape index (κ1) is 12.9. The lowest BCUT2D eigenvalue weighted by Gasteiger charge is -2.42. The molecule has 2 fully saturated rings. The van der Waals surface area contributed by atoms with E-state index in [2.05, 4.69) is 42.5 Å². The summed E-state index contributed by atoms with van der Waals surface area (Å²) in [5, 5.41) is 3.49. The zero-order chi connectivity index (χ0) is 12.5.